The Hall–Kier alpha value is -1.38. The van der Waals surface area contributed by atoms with Crippen molar-refractivity contribution < 1.29 is 9.18 Å². The highest BCUT2D eigenvalue weighted by Gasteiger charge is 2.15. The Morgan fingerprint density at radius 1 is 1.05 bits per heavy atom. The average molecular weight is 279 g/mol. The molecule has 0 aliphatic carbocycles. The Morgan fingerprint density at radius 3 is 2.00 bits per heavy atom. The molecule has 0 bridgehead atoms. The summed E-state index contributed by atoms with van der Waals surface area (Å²) < 4.78 is 12.8. The van der Waals surface area contributed by atoms with Gasteiger partial charge in [0.1, 0.15) is 5.82 Å². The highest BCUT2D eigenvalue weighted by Crippen LogP contribution is 2.10. The van der Waals surface area contributed by atoms with Crippen LogP contribution < -0.4 is 0 Å². The fraction of sp³-hybridized carbons (Fsp3) is 0.588. The summed E-state index contributed by atoms with van der Waals surface area (Å²) >= 11 is 0. The van der Waals surface area contributed by atoms with E-state index in [2.05, 4.69) is 27.7 Å². The standard InChI is InChI=1S/C17H26FNO/c1-13(2)11-19(12-14(3)4)17(20)10-7-15-5-8-16(18)9-6-15/h5-6,8-9,13-14H,7,10-12H2,1-4H3. The van der Waals surface area contributed by atoms with E-state index in [9.17, 15) is 9.18 Å². The highest BCUT2D eigenvalue weighted by atomic mass is 19.1. The summed E-state index contributed by atoms with van der Waals surface area (Å²) in [4.78, 5) is 14.3. The molecule has 0 aromatic heterocycles. The summed E-state index contributed by atoms with van der Waals surface area (Å²) in [6.45, 7) is 10.1. The largest absolute Gasteiger partial charge is 0.342 e. The van der Waals surface area contributed by atoms with Crippen LogP contribution in [0.3, 0.4) is 0 Å². The van der Waals surface area contributed by atoms with Crippen molar-refractivity contribution in [3.05, 3.63) is 35.6 Å². The number of nitrogens with zero attached hydrogens (tertiary/aromatic N) is 1. The number of carbonyl (C=O) groups is 1. The maximum atomic E-state index is 12.8. The number of aryl methyl sites for hydroxylation is 1. The topological polar surface area (TPSA) is 20.3 Å². The van der Waals surface area contributed by atoms with Crippen molar-refractivity contribution >= 4 is 5.91 Å². The van der Waals surface area contributed by atoms with Gasteiger partial charge in [-0.3, -0.25) is 4.79 Å². The molecule has 1 amide bonds. The molecule has 0 saturated heterocycles. The normalized spacial score (nSPS) is 11.2. The molecule has 0 unspecified atom stereocenters. The Balaban J connectivity index is 2.54. The van der Waals surface area contributed by atoms with E-state index in [1.165, 1.54) is 12.1 Å². The lowest BCUT2D eigenvalue weighted by Gasteiger charge is -2.26. The van der Waals surface area contributed by atoms with Gasteiger partial charge in [0, 0.05) is 19.5 Å². The van der Waals surface area contributed by atoms with Gasteiger partial charge in [-0.05, 0) is 36.0 Å². The Morgan fingerprint density at radius 2 is 1.55 bits per heavy atom. The van der Waals surface area contributed by atoms with Gasteiger partial charge in [-0.2, -0.15) is 0 Å². The van der Waals surface area contributed by atoms with Gasteiger partial charge in [0.25, 0.3) is 0 Å². The molecule has 3 heteroatoms. The summed E-state index contributed by atoms with van der Waals surface area (Å²) in [6.07, 6.45) is 1.16. The van der Waals surface area contributed by atoms with E-state index >= 15 is 0 Å². The number of hydrogen-bond donors (Lipinski definition) is 0. The smallest absolute Gasteiger partial charge is 0.222 e. The van der Waals surface area contributed by atoms with E-state index in [1.54, 1.807) is 12.1 Å². The summed E-state index contributed by atoms with van der Waals surface area (Å²) in [5.74, 6) is 0.907. The van der Waals surface area contributed by atoms with Crippen LogP contribution >= 0.6 is 0 Å². The molecule has 0 spiro atoms. The second kappa shape index (κ2) is 8.03. The predicted octanol–water partition coefficient (Wildman–Crippen LogP) is 3.90. The van der Waals surface area contributed by atoms with Gasteiger partial charge >= 0.3 is 0 Å². The Labute approximate surface area is 122 Å². The van der Waals surface area contributed by atoms with Gasteiger partial charge in [0.15, 0.2) is 0 Å². The molecule has 0 fully saturated rings. The van der Waals surface area contributed by atoms with E-state index < -0.39 is 0 Å². The zero-order valence-electron chi connectivity index (χ0n) is 13.0. The molecular weight excluding hydrogens is 253 g/mol. The highest BCUT2D eigenvalue weighted by molar-refractivity contribution is 5.76. The number of rotatable bonds is 7. The SMILES string of the molecule is CC(C)CN(CC(C)C)C(=O)CCc1ccc(F)cc1. The molecule has 0 aliphatic rings. The van der Waals surface area contributed by atoms with Gasteiger partial charge in [0.05, 0.1) is 0 Å². The molecule has 0 saturated carbocycles. The first-order valence-electron chi connectivity index (χ1n) is 7.40. The molecule has 0 atom stereocenters. The molecule has 1 rings (SSSR count). The fourth-order valence-electron chi connectivity index (χ4n) is 2.22. The van der Waals surface area contributed by atoms with Crippen molar-refractivity contribution in [2.24, 2.45) is 11.8 Å². The van der Waals surface area contributed by atoms with Crippen LogP contribution in [0.4, 0.5) is 4.39 Å². The second-order valence-electron chi connectivity index (χ2n) is 6.21. The Kier molecular flexibility index (Phi) is 6.69. The number of halogens is 1. The lowest BCUT2D eigenvalue weighted by Crippen LogP contribution is -2.37. The van der Waals surface area contributed by atoms with E-state index in [1.807, 2.05) is 4.90 Å². The van der Waals surface area contributed by atoms with Gasteiger partial charge in [-0.25, -0.2) is 4.39 Å². The van der Waals surface area contributed by atoms with Crippen LogP contribution in [0.15, 0.2) is 24.3 Å². The maximum Gasteiger partial charge on any atom is 0.222 e. The number of amides is 1. The molecule has 1 aromatic carbocycles. The van der Waals surface area contributed by atoms with E-state index in [4.69, 9.17) is 0 Å². The van der Waals surface area contributed by atoms with Crippen LogP contribution in [-0.4, -0.2) is 23.9 Å². The minimum absolute atomic E-state index is 0.191. The summed E-state index contributed by atoms with van der Waals surface area (Å²) in [7, 11) is 0. The monoisotopic (exact) mass is 279 g/mol. The first-order valence-corrected chi connectivity index (χ1v) is 7.40. The number of carbonyl (C=O) groups excluding carboxylic acids is 1. The van der Waals surface area contributed by atoms with Crippen LogP contribution in [0.2, 0.25) is 0 Å². The molecule has 112 valence electrons. The first-order chi connectivity index (χ1) is 9.38. The fourth-order valence-corrected chi connectivity index (χ4v) is 2.22. The molecular formula is C17H26FNO. The van der Waals surface area contributed by atoms with Crippen molar-refractivity contribution in [2.45, 2.75) is 40.5 Å². The molecule has 1 aromatic rings. The lowest BCUT2D eigenvalue weighted by atomic mass is 10.1. The predicted molar refractivity (Wildman–Crippen MR) is 81.0 cm³/mol. The van der Waals surface area contributed by atoms with Crippen molar-refractivity contribution in [1.82, 2.24) is 4.90 Å². The summed E-state index contributed by atoms with van der Waals surface area (Å²) in [6, 6.07) is 6.38. The van der Waals surface area contributed by atoms with Crippen LogP contribution in [0.25, 0.3) is 0 Å². The molecule has 0 aliphatic heterocycles. The third-order valence-corrected chi connectivity index (χ3v) is 3.06. The molecule has 2 nitrogen and oxygen atoms in total. The van der Waals surface area contributed by atoms with Crippen LogP contribution in [0.5, 0.6) is 0 Å². The average Bonchev–Trinajstić information content (AvgIpc) is 2.36. The maximum absolute atomic E-state index is 12.8. The van der Waals surface area contributed by atoms with Crippen molar-refractivity contribution in [2.75, 3.05) is 13.1 Å². The zero-order chi connectivity index (χ0) is 15.1. The minimum atomic E-state index is -0.235. The van der Waals surface area contributed by atoms with E-state index in [0.717, 1.165) is 18.7 Å². The second-order valence-corrected chi connectivity index (χ2v) is 6.21. The number of benzene rings is 1. The third-order valence-electron chi connectivity index (χ3n) is 3.06. The van der Waals surface area contributed by atoms with Crippen LogP contribution in [0, 0.1) is 17.7 Å². The van der Waals surface area contributed by atoms with E-state index in [-0.39, 0.29) is 11.7 Å². The van der Waals surface area contributed by atoms with Crippen LogP contribution in [-0.2, 0) is 11.2 Å². The first kappa shape index (κ1) is 16.7. The molecule has 20 heavy (non-hydrogen) atoms. The van der Waals surface area contributed by atoms with Crippen molar-refractivity contribution in [1.29, 1.82) is 0 Å². The van der Waals surface area contributed by atoms with Gasteiger partial charge in [0.2, 0.25) is 5.91 Å². The van der Waals surface area contributed by atoms with Gasteiger partial charge in [-0.15, -0.1) is 0 Å². The molecule has 0 N–H and O–H groups in total. The zero-order valence-corrected chi connectivity index (χ0v) is 13.0. The third kappa shape index (κ3) is 6.18. The molecule has 0 heterocycles. The quantitative estimate of drug-likeness (QED) is 0.741. The van der Waals surface area contributed by atoms with Crippen molar-refractivity contribution in [3.8, 4) is 0 Å². The lowest BCUT2D eigenvalue weighted by molar-refractivity contribution is -0.132. The van der Waals surface area contributed by atoms with Gasteiger partial charge in [-0.1, -0.05) is 39.8 Å². The van der Waals surface area contributed by atoms with Crippen LogP contribution in [0.1, 0.15) is 39.7 Å². The Bertz CT molecular complexity index is 402. The van der Waals surface area contributed by atoms with E-state index in [0.29, 0.717) is 24.7 Å². The van der Waals surface area contributed by atoms with Gasteiger partial charge < -0.3 is 4.90 Å². The number of hydrogen-bond acceptors (Lipinski definition) is 1. The summed E-state index contributed by atoms with van der Waals surface area (Å²) in [5.41, 5.74) is 1.01. The molecule has 0 radical (unpaired) electrons. The minimum Gasteiger partial charge on any atom is -0.342 e. The summed E-state index contributed by atoms with van der Waals surface area (Å²) in [5, 5.41) is 0. The van der Waals surface area contributed by atoms with Crippen molar-refractivity contribution in [3.63, 3.8) is 0 Å².